The minimum Gasteiger partial charge on any atom is -0.375 e. The van der Waals surface area contributed by atoms with Crippen molar-refractivity contribution >= 4 is 40.7 Å². The van der Waals surface area contributed by atoms with Gasteiger partial charge in [0.15, 0.2) is 0 Å². The van der Waals surface area contributed by atoms with Gasteiger partial charge >= 0.3 is 0 Å². The largest absolute Gasteiger partial charge is 0.375 e. The fourth-order valence-electron chi connectivity index (χ4n) is 5.65. The first-order valence-electron chi connectivity index (χ1n) is 13.8. The quantitative estimate of drug-likeness (QED) is 0.363. The van der Waals surface area contributed by atoms with E-state index in [4.69, 9.17) is 27.9 Å². The van der Waals surface area contributed by atoms with Crippen LogP contribution in [0.5, 0.6) is 0 Å². The number of hydrogen-bond acceptors (Lipinski definition) is 4. The summed E-state index contributed by atoms with van der Waals surface area (Å²) in [6.07, 6.45) is 5.34. The molecule has 0 bridgehead atoms. The molecule has 0 radical (unpaired) electrons. The molecule has 0 aromatic heterocycles. The molecule has 0 aliphatic carbocycles. The number of hydrogen-bond donors (Lipinski definition) is 0. The van der Waals surface area contributed by atoms with Gasteiger partial charge in [0.1, 0.15) is 12.4 Å². The van der Waals surface area contributed by atoms with Crippen LogP contribution in [-0.2, 0) is 20.7 Å². The summed E-state index contributed by atoms with van der Waals surface area (Å²) < 4.78 is 18.2. The predicted molar refractivity (Wildman–Crippen MR) is 154 cm³/mol. The van der Waals surface area contributed by atoms with Crippen molar-refractivity contribution in [3.05, 3.63) is 63.9 Å². The molecule has 2 fully saturated rings. The van der Waals surface area contributed by atoms with E-state index < -0.39 is 0 Å². The Bertz CT molecular complexity index is 1100. The van der Waals surface area contributed by atoms with Gasteiger partial charge in [-0.15, -0.1) is 0 Å². The van der Waals surface area contributed by atoms with E-state index in [0.29, 0.717) is 48.4 Å². The van der Waals surface area contributed by atoms with Crippen LogP contribution in [0.15, 0.2) is 42.5 Å². The van der Waals surface area contributed by atoms with Crippen molar-refractivity contribution < 1.29 is 18.7 Å². The van der Waals surface area contributed by atoms with Crippen LogP contribution in [0.4, 0.5) is 10.1 Å². The molecular formula is C30H38Cl2FN3O3. The van der Waals surface area contributed by atoms with Crippen LogP contribution in [0.2, 0.25) is 10.0 Å². The molecule has 2 saturated heterocycles. The summed E-state index contributed by atoms with van der Waals surface area (Å²) in [7, 11) is 1.51. The van der Waals surface area contributed by atoms with Gasteiger partial charge in [-0.25, -0.2) is 4.39 Å². The van der Waals surface area contributed by atoms with E-state index in [2.05, 4.69) is 4.90 Å². The smallest absolute Gasteiger partial charge is 0.248 e. The van der Waals surface area contributed by atoms with Gasteiger partial charge in [0.25, 0.3) is 0 Å². The van der Waals surface area contributed by atoms with Crippen LogP contribution in [-0.4, -0.2) is 74.6 Å². The number of halogens is 3. The molecule has 0 unspecified atom stereocenters. The third-order valence-corrected chi connectivity index (χ3v) is 8.69. The first-order valence-corrected chi connectivity index (χ1v) is 14.6. The van der Waals surface area contributed by atoms with Gasteiger partial charge < -0.3 is 19.4 Å². The number of anilines is 1. The van der Waals surface area contributed by atoms with Gasteiger partial charge in [-0.1, -0.05) is 35.3 Å². The average molecular weight is 579 g/mol. The Morgan fingerprint density at radius 1 is 0.974 bits per heavy atom. The molecule has 2 heterocycles. The van der Waals surface area contributed by atoms with Gasteiger partial charge in [-0.2, -0.15) is 0 Å². The van der Waals surface area contributed by atoms with Crippen LogP contribution in [0.1, 0.15) is 37.7 Å². The Hall–Kier alpha value is -2.19. The maximum atomic E-state index is 13.7. The highest BCUT2D eigenvalue weighted by atomic mass is 35.5. The monoisotopic (exact) mass is 577 g/mol. The lowest BCUT2D eigenvalue weighted by atomic mass is 9.90. The Labute approximate surface area is 241 Å². The van der Waals surface area contributed by atoms with Crippen molar-refractivity contribution in [1.29, 1.82) is 0 Å². The number of methoxy groups -OCH3 is 1. The summed E-state index contributed by atoms with van der Waals surface area (Å²) in [6.45, 7) is 4.74. The van der Waals surface area contributed by atoms with E-state index in [9.17, 15) is 14.0 Å². The molecule has 6 nitrogen and oxygen atoms in total. The fourth-order valence-corrected chi connectivity index (χ4v) is 5.94. The van der Waals surface area contributed by atoms with Crippen molar-refractivity contribution in [2.45, 2.75) is 38.5 Å². The molecule has 39 heavy (non-hydrogen) atoms. The van der Waals surface area contributed by atoms with Crippen molar-refractivity contribution in [3.8, 4) is 0 Å². The molecule has 212 valence electrons. The van der Waals surface area contributed by atoms with Crippen LogP contribution in [0.25, 0.3) is 0 Å². The van der Waals surface area contributed by atoms with Crippen LogP contribution < -0.4 is 4.90 Å². The van der Waals surface area contributed by atoms with Gasteiger partial charge in [0.2, 0.25) is 11.8 Å². The van der Waals surface area contributed by atoms with Crippen molar-refractivity contribution in [3.63, 3.8) is 0 Å². The van der Waals surface area contributed by atoms with Crippen molar-refractivity contribution in [2.75, 3.05) is 57.9 Å². The molecule has 0 N–H and O–H groups in total. The highest BCUT2D eigenvalue weighted by Gasteiger charge is 2.31. The number of benzene rings is 2. The number of piperidine rings is 2. The van der Waals surface area contributed by atoms with E-state index in [0.717, 1.165) is 51.0 Å². The standard InChI is InChI=1S/C30H38Cl2FN3O3/c1-39-21-29(37)35-17-11-24(12-18-35)30(38)36(26-7-8-27(31)28(32)20-26)14-2-13-34-15-9-23(10-16-34)19-22-3-5-25(33)6-4-22/h3-8,20,23-24H,2,9-19,21H2,1H3. The number of likely N-dealkylation sites (tertiary alicyclic amines) is 2. The van der Waals surface area contributed by atoms with E-state index >= 15 is 0 Å². The average Bonchev–Trinajstić information content (AvgIpc) is 2.95. The predicted octanol–water partition coefficient (Wildman–Crippen LogP) is 5.70. The van der Waals surface area contributed by atoms with E-state index in [1.807, 2.05) is 23.1 Å². The number of carbonyl (C=O) groups is 2. The number of amides is 2. The Kier molecular flexibility index (Phi) is 11.0. The maximum Gasteiger partial charge on any atom is 0.248 e. The number of rotatable bonds is 10. The molecule has 2 amide bonds. The summed E-state index contributed by atoms with van der Waals surface area (Å²) in [5.41, 5.74) is 1.95. The van der Waals surface area contributed by atoms with Crippen molar-refractivity contribution in [2.24, 2.45) is 11.8 Å². The van der Waals surface area contributed by atoms with Gasteiger partial charge in [-0.3, -0.25) is 9.59 Å². The topological polar surface area (TPSA) is 53.1 Å². The van der Waals surface area contributed by atoms with Crippen molar-refractivity contribution in [1.82, 2.24) is 9.80 Å². The van der Waals surface area contributed by atoms with Crippen LogP contribution in [0.3, 0.4) is 0 Å². The van der Waals surface area contributed by atoms with E-state index in [1.54, 1.807) is 17.0 Å². The molecule has 9 heteroatoms. The normalized spacial score (nSPS) is 17.4. The lowest BCUT2D eigenvalue weighted by molar-refractivity contribution is -0.138. The second-order valence-corrected chi connectivity index (χ2v) is 11.5. The minimum absolute atomic E-state index is 0.0359. The van der Waals surface area contributed by atoms with Crippen LogP contribution in [0, 0.1) is 17.7 Å². The second kappa shape index (κ2) is 14.4. The van der Waals surface area contributed by atoms with E-state index in [1.165, 1.54) is 24.8 Å². The SMILES string of the molecule is COCC(=O)N1CCC(C(=O)N(CCCN2CCC(Cc3ccc(F)cc3)CC2)c2ccc(Cl)c(Cl)c2)CC1. The zero-order chi connectivity index (χ0) is 27.8. The van der Waals surface area contributed by atoms with Gasteiger partial charge in [0, 0.05) is 38.3 Å². The highest BCUT2D eigenvalue weighted by Crippen LogP contribution is 2.30. The molecule has 2 aliphatic heterocycles. The zero-order valence-electron chi connectivity index (χ0n) is 22.6. The summed E-state index contributed by atoms with van der Waals surface area (Å²) in [4.78, 5) is 32.0. The highest BCUT2D eigenvalue weighted by molar-refractivity contribution is 6.42. The summed E-state index contributed by atoms with van der Waals surface area (Å²) in [6, 6.07) is 12.2. The first-order chi connectivity index (χ1) is 18.8. The molecule has 4 rings (SSSR count). The van der Waals surface area contributed by atoms with Gasteiger partial charge in [0.05, 0.1) is 10.0 Å². The third-order valence-electron chi connectivity index (χ3n) is 7.95. The lowest BCUT2D eigenvalue weighted by Gasteiger charge is -2.35. The Morgan fingerprint density at radius 3 is 2.31 bits per heavy atom. The lowest BCUT2D eigenvalue weighted by Crippen LogP contribution is -2.46. The molecule has 2 aromatic rings. The second-order valence-electron chi connectivity index (χ2n) is 10.6. The minimum atomic E-state index is -0.190. The molecule has 0 atom stereocenters. The third kappa shape index (κ3) is 8.40. The fraction of sp³-hybridized carbons (Fsp3) is 0.533. The molecule has 0 saturated carbocycles. The molecule has 2 aromatic carbocycles. The Morgan fingerprint density at radius 2 is 1.67 bits per heavy atom. The molecular weight excluding hydrogens is 540 g/mol. The first kappa shape index (κ1) is 29.8. The number of nitrogens with zero attached hydrogens (tertiary/aromatic N) is 3. The van der Waals surface area contributed by atoms with Gasteiger partial charge in [-0.05, 0) is 100.0 Å². The molecule has 2 aliphatic rings. The van der Waals surface area contributed by atoms with E-state index in [-0.39, 0.29) is 30.2 Å². The number of ether oxygens (including phenoxy) is 1. The Balaban J connectivity index is 1.30. The van der Waals surface area contributed by atoms with Crippen LogP contribution >= 0.6 is 23.2 Å². The summed E-state index contributed by atoms with van der Waals surface area (Å²) >= 11 is 12.5. The summed E-state index contributed by atoms with van der Waals surface area (Å²) in [5.74, 6) is 0.317. The summed E-state index contributed by atoms with van der Waals surface area (Å²) in [5, 5.41) is 0.886. The zero-order valence-corrected chi connectivity index (χ0v) is 24.1. The molecule has 0 spiro atoms. The number of carbonyl (C=O) groups excluding carboxylic acids is 2. The maximum absolute atomic E-state index is 13.7.